The molecule has 0 aliphatic carbocycles. The van der Waals surface area contributed by atoms with E-state index in [4.69, 9.17) is 10.8 Å². The molecule has 3 N–H and O–H groups in total. The predicted molar refractivity (Wildman–Crippen MR) is 74.6 cm³/mol. The molecule has 1 aromatic rings. The van der Waals surface area contributed by atoms with Gasteiger partial charge in [0, 0.05) is 17.6 Å². The molecule has 0 atom stereocenters. The van der Waals surface area contributed by atoms with Crippen molar-refractivity contribution in [2.24, 2.45) is 0 Å². The van der Waals surface area contributed by atoms with E-state index in [1.165, 1.54) is 0 Å². The zero-order valence-electron chi connectivity index (χ0n) is 10.4. The molecule has 0 aromatic heterocycles. The van der Waals surface area contributed by atoms with Crippen LogP contribution in [0.2, 0.25) is 0 Å². The van der Waals surface area contributed by atoms with E-state index in [1.807, 2.05) is 6.92 Å². The first-order valence-electron chi connectivity index (χ1n) is 5.70. The number of rotatable bonds is 6. The molecule has 19 heavy (non-hydrogen) atoms. The Morgan fingerprint density at radius 1 is 1.42 bits per heavy atom. The molecule has 0 saturated carbocycles. The van der Waals surface area contributed by atoms with Crippen LogP contribution in [-0.4, -0.2) is 37.5 Å². The Kier molecular flexibility index (Phi) is 5.72. The van der Waals surface area contributed by atoms with E-state index in [1.54, 1.807) is 0 Å². The number of sulfonamides is 1. The van der Waals surface area contributed by atoms with Crippen molar-refractivity contribution >= 4 is 31.6 Å². The van der Waals surface area contributed by atoms with Gasteiger partial charge in [0.05, 0.1) is 17.2 Å². The van der Waals surface area contributed by atoms with E-state index in [9.17, 15) is 12.8 Å². The molecule has 0 spiro atoms. The van der Waals surface area contributed by atoms with Crippen molar-refractivity contribution in [3.8, 4) is 0 Å². The monoisotopic (exact) mass is 354 g/mol. The van der Waals surface area contributed by atoms with E-state index in [-0.39, 0.29) is 34.8 Å². The van der Waals surface area contributed by atoms with Crippen LogP contribution < -0.4 is 5.73 Å². The molecule has 0 aliphatic heterocycles. The summed E-state index contributed by atoms with van der Waals surface area (Å²) in [5, 5.41) is 8.94. The maximum Gasteiger partial charge on any atom is 0.244 e. The lowest BCUT2D eigenvalue weighted by atomic mass is 10.3. The smallest absolute Gasteiger partial charge is 0.244 e. The number of benzene rings is 1. The molecule has 1 aromatic carbocycles. The average molecular weight is 355 g/mol. The molecule has 108 valence electrons. The Balaban J connectivity index is 3.28. The highest BCUT2D eigenvalue weighted by Gasteiger charge is 2.26. The number of nitrogen functional groups attached to an aromatic ring is 1. The van der Waals surface area contributed by atoms with E-state index in [2.05, 4.69) is 15.9 Å². The van der Waals surface area contributed by atoms with Crippen LogP contribution in [-0.2, 0) is 10.0 Å². The zero-order valence-corrected chi connectivity index (χ0v) is 12.8. The van der Waals surface area contributed by atoms with Crippen LogP contribution in [0.4, 0.5) is 10.1 Å². The number of anilines is 1. The van der Waals surface area contributed by atoms with Gasteiger partial charge in [-0.15, -0.1) is 0 Å². The summed E-state index contributed by atoms with van der Waals surface area (Å²) in [6.07, 6.45) is 0.605. The minimum absolute atomic E-state index is 0.0140. The summed E-state index contributed by atoms with van der Waals surface area (Å²) in [6, 6.07) is 2.10. The standard InChI is InChI=1S/C11H16BrFN2O3S/c1-2-3-15(4-5-16)19(17,18)11-7-10(14)9(13)6-8(11)12/h6-7,16H,2-5,14H2,1H3. The average Bonchev–Trinajstić information content (AvgIpc) is 2.33. The Labute approximate surface area is 120 Å². The van der Waals surface area contributed by atoms with Gasteiger partial charge in [0.2, 0.25) is 10.0 Å². The lowest BCUT2D eigenvalue weighted by Gasteiger charge is -2.21. The van der Waals surface area contributed by atoms with E-state index in [0.29, 0.717) is 6.42 Å². The van der Waals surface area contributed by atoms with Crippen molar-refractivity contribution < 1.29 is 17.9 Å². The number of aliphatic hydroxyl groups excluding tert-OH is 1. The first kappa shape index (κ1) is 16.4. The van der Waals surface area contributed by atoms with Crippen molar-refractivity contribution in [2.45, 2.75) is 18.2 Å². The van der Waals surface area contributed by atoms with Crippen molar-refractivity contribution in [3.05, 3.63) is 22.4 Å². The highest BCUT2D eigenvalue weighted by Crippen LogP contribution is 2.29. The molecule has 0 amide bonds. The molecule has 1 rings (SSSR count). The summed E-state index contributed by atoms with van der Waals surface area (Å²) in [7, 11) is -3.82. The van der Waals surface area contributed by atoms with Gasteiger partial charge in [0.1, 0.15) is 5.82 Å². The van der Waals surface area contributed by atoms with Crippen LogP contribution in [0.25, 0.3) is 0 Å². The number of aliphatic hydroxyl groups is 1. The van der Waals surface area contributed by atoms with Gasteiger partial charge in [-0.05, 0) is 34.5 Å². The lowest BCUT2D eigenvalue weighted by molar-refractivity contribution is 0.253. The normalized spacial score (nSPS) is 12.1. The minimum Gasteiger partial charge on any atom is -0.396 e. The van der Waals surface area contributed by atoms with Crippen LogP contribution in [0.15, 0.2) is 21.5 Å². The SMILES string of the molecule is CCCN(CCO)S(=O)(=O)c1cc(N)c(F)cc1Br. The molecular weight excluding hydrogens is 339 g/mol. The van der Waals surface area contributed by atoms with E-state index < -0.39 is 15.8 Å². The molecule has 5 nitrogen and oxygen atoms in total. The summed E-state index contributed by atoms with van der Waals surface area (Å²) < 4.78 is 39.3. The zero-order chi connectivity index (χ0) is 14.6. The van der Waals surface area contributed by atoms with Crippen LogP contribution in [0.1, 0.15) is 13.3 Å². The Morgan fingerprint density at radius 3 is 2.58 bits per heavy atom. The first-order valence-corrected chi connectivity index (χ1v) is 7.93. The van der Waals surface area contributed by atoms with Crippen LogP contribution in [0.3, 0.4) is 0 Å². The lowest BCUT2D eigenvalue weighted by Crippen LogP contribution is -2.34. The van der Waals surface area contributed by atoms with Gasteiger partial charge in [-0.1, -0.05) is 6.92 Å². The summed E-state index contributed by atoms with van der Waals surface area (Å²) in [4.78, 5) is -0.103. The van der Waals surface area contributed by atoms with Crippen LogP contribution in [0, 0.1) is 5.82 Å². The topological polar surface area (TPSA) is 83.6 Å². The largest absolute Gasteiger partial charge is 0.396 e. The maximum atomic E-state index is 13.2. The van der Waals surface area contributed by atoms with Crippen molar-refractivity contribution in [2.75, 3.05) is 25.4 Å². The Bertz CT molecular complexity index is 545. The summed E-state index contributed by atoms with van der Waals surface area (Å²) in [5.41, 5.74) is 5.17. The molecule has 0 heterocycles. The summed E-state index contributed by atoms with van der Waals surface area (Å²) >= 11 is 3.02. The second-order valence-corrected chi connectivity index (χ2v) is 6.69. The quantitative estimate of drug-likeness (QED) is 0.759. The molecule has 0 aliphatic rings. The van der Waals surface area contributed by atoms with E-state index >= 15 is 0 Å². The maximum absolute atomic E-state index is 13.2. The van der Waals surface area contributed by atoms with Gasteiger partial charge >= 0.3 is 0 Å². The number of hydrogen-bond donors (Lipinski definition) is 2. The number of halogens is 2. The number of nitrogens with two attached hydrogens (primary N) is 1. The van der Waals surface area contributed by atoms with Gasteiger partial charge in [0.25, 0.3) is 0 Å². The minimum atomic E-state index is -3.82. The molecule has 0 unspecified atom stereocenters. The third kappa shape index (κ3) is 3.65. The van der Waals surface area contributed by atoms with Gasteiger partial charge in [-0.3, -0.25) is 0 Å². The molecule has 0 bridgehead atoms. The highest BCUT2D eigenvalue weighted by molar-refractivity contribution is 9.10. The van der Waals surface area contributed by atoms with Crippen LogP contribution >= 0.6 is 15.9 Å². The first-order chi connectivity index (χ1) is 8.84. The fraction of sp³-hybridized carbons (Fsp3) is 0.455. The predicted octanol–water partition coefficient (Wildman–Crippen LogP) is 1.56. The van der Waals surface area contributed by atoms with Crippen molar-refractivity contribution in [1.82, 2.24) is 4.31 Å². The van der Waals surface area contributed by atoms with Crippen molar-refractivity contribution in [3.63, 3.8) is 0 Å². The molecule has 0 radical (unpaired) electrons. The Morgan fingerprint density at radius 2 is 2.05 bits per heavy atom. The number of nitrogens with zero attached hydrogens (tertiary/aromatic N) is 1. The molecule has 8 heteroatoms. The highest BCUT2D eigenvalue weighted by atomic mass is 79.9. The van der Waals surface area contributed by atoms with Gasteiger partial charge in [-0.2, -0.15) is 4.31 Å². The fourth-order valence-electron chi connectivity index (χ4n) is 1.59. The molecule has 0 fully saturated rings. The van der Waals surface area contributed by atoms with E-state index in [0.717, 1.165) is 16.4 Å². The molecule has 0 saturated heterocycles. The van der Waals surface area contributed by atoms with Gasteiger partial charge in [0.15, 0.2) is 0 Å². The number of hydrogen-bond acceptors (Lipinski definition) is 4. The second kappa shape index (κ2) is 6.65. The van der Waals surface area contributed by atoms with Crippen molar-refractivity contribution in [1.29, 1.82) is 0 Å². The Hall–Kier alpha value is -0.700. The summed E-state index contributed by atoms with van der Waals surface area (Å²) in [5.74, 6) is -0.685. The van der Waals surface area contributed by atoms with Gasteiger partial charge < -0.3 is 10.8 Å². The summed E-state index contributed by atoms with van der Waals surface area (Å²) in [6.45, 7) is 1.80. The molecular formula is C11H16BrFN2O3S. The van der Waals surface area contributed by atoms with Crippen LogP contribution in [0.5, 0.6) is 0 Å². The third-order valence-electron chi connectivity index (χ3n) is 2.49. The third-order valence-corrected chi connectivity index (χ3v) is 5.35. The fourth-order valence-corrected chi connectivity index (χ4v) is 4.13. The van der Waals surface area contributed by atoms with Gasteiger partial charge in [-0.25, -0.2) is 12.8 Å². The second-order valence-electron chi connectivity index (χ2n) is 3.93.